The molecule has 0 bridgehead atoms. The van der Waals surface area contributed by atoms with E-state index in [9.17, 15) is 4.39 Å². The van der Waals surface area contributed by atoms with Crippen LogP contribution in [0.5, 0.6) is 0 Å². The van der Waals surface area contributed by atoms with E-state index in [1.807, 2.05) is 19.1 Å². The summed E-state index contributed by atoms with van der Waals surface area (Å²) in [4.78, 5) is 1.73. The third kappa shape index (κ3) is 2.94. The van der Waals surface area contributed by atoms with Gasteiger partial charge in [-0.05, 0) is 24.6 Å². The average molecular weight is 221 g/mol. The Kier molecular flexibility index (Phi) is 4.27. The second-order valence-electron chi connectivity index (χ2n) is 3.83. The van der Waals surface area contributed by atoms with Gasteiger partial charge in [0.05, 0.1) is 18.2 Å². The van der Waals surface area contributed by atoms with Crippen molar-refractivity contribution in [1.29, 1.82) is 5.26 Å². The van der Waals surface area contributed by atoms with Gasteiger partial charge in [-0.3, -0.25) is 0 Å². The molecule has 1 rings (SSSR count). The number of halogens is 1. The van der Waals surface area contributed by atoms with Crippen LogP contribution in [0.1, 0.15) is 24.9 Å². The van der Waals surface area contributed by atoms with Gasteiger partial charge in [0.15, 0.2) is 0 Å². The fraction of sp³-hybridized carbons (Fsp3) is 0.417. The molecule has 0 heterocycles. The van der Waals surface area contributed by atoms with Crippen molar-refractivity contribution in [1.82, 2.24) is 0 Å². The molecular weight excluding hydrogens is 205 g/mol. The van der Waals surface area contributed by atoms with Crippen LogP contribution in [0.4, 0.5) is 10.1 Å². The zero-order valence-electron chi connectivity index (χ0n) is 9.57. The van der Waals surface area contributed by atoms with Gasteiger partial charge in [0.2, 0.25) is 0 Å². The maximum absolute atomic E-state index is 13.7. The summed E-state index contributed by atoms with van der Waals surface area (Å²) < 4.78 is 13.7. The summed E-state index contributed by atoms with van der Waals surface area (Å²) in [6.07, 6.45) is 0.380. The molecule has 1 aromatic rings. The molecule has 1 aromatic carbocycles. The van der Waals surface area contributed by atoms with Crippen LogP contribution in [-0.2, 0) is 0 Å². The zero-order chi connectivity index (χ0) is 12.1. The van der Waals surface area contributed by atoms with E-state index in [0.29, 0.717) is 18.7 Å². The number of hydrogen-bond acceptors (Lipinski definition) is 3. The molecule has 1 atom stereocenters. The molecule has 0 aromatic heterocycles. The first-order valence-corrected chi connectivity index (χ1v) is 5.19. The molecule has 0 fully saturated rings. The second-order valence-corrected chi connectivity index (χ2v) is 3.83. The first-order chi connectivity index (χ1) is 7.56. The van der Waals surface area contributed by atoms with E-state index in [1.165, 1.54) is 6.07 Å². The lowest BCUT2D eigenvalue weighted by Gasteiger charge is -2.19. The largest absolute Gasteiger partial charge is 0.371 e. The molecule has 86 valence electrons. The molecule has 16 heavy (non-hydrogen) atoms. The third-order valence-electron chi connectivity index (χ3n) is 2.47. The first-order valence-electron chi connectivity index (χ1n) is 5.19. The van der Waals surface area contributed by atoms with Crippen molar-refractivity contribution in [3.8, 4) is 6.07 Å². The molecule has 4 heteroatoms. The van der Waals surface area contributed by atoms with Crippen molar-refractivity contribution >= 4 is 5.69 Å². The van der Waals surface area contributed by atoms with Crippen LogP contribution in [0.3, 0.4) is 0 Å². The van der Waals surface area contributed by atoms with E-state index in [1.54, 1.807) is 18.0 Å². The quantitative estimate of drug-likeness (QED) is 0.848. The highest BCUT2D eigenvalue weighted by atomic mass is 19.1. The fourth-order valence-corrected chi connectivity index (χ4v) is 1.45. The predicted octanol–water partition coefficient (Wildman–Crippen LogP) is 2.20. The number of hydrogen-bond donors (Lipinski definition) is 1. The highest BCUT2D eigenvalue weighted by Gasteiger charge is 2.09. The predicted molar refractivity (Wildman–Crippen MR) is 62.5 cm³/mol. The number of nitrogens with two attached hydrogens (primary N) is 1. The van der Waals surface area contributed by atoms with Crippen LogP contribution in [0.2, 0.25) is 0 Å². The molecule has 0 spiro atoms. The Bertz CT molecular complexity index is 396. The first kappa shape index (κ1) is 12.5. The molecule has 0 saturated heterocycles. The van der Waals surface area contributed by atoms with E-state index < -0.39 is 0 Å². The van der Waals surface area contributed by atoms with Crippen molar-refractivity contribution in [2.75, 3.05) is 18.5 Å². The Hall–Kier alpha value is -1.60. The summed E-state index contributed by atoms with van der Waals surface area (Å²) in [6, 6.07) is 6.82. The molecule has 3 nitrogen and oxygen atoms in total. The molecule has 2 N–H and O–H groups in total. The normalized spacial score (nSPS) is 11.9. The number of nitriles is 1. The number of benzene rings is 1. The lowest BCUT2D eigenvalue weighted by Crippen LogP contribution is -2.19. The maximum atomic E-state index is 13.7. The van der Waals surface area contributed by atoms with Gasteiger partial charge in [0, 0.05) is 19.6 Å². The summed E-state index contributed by atoms with van der Waals surface area (Å²) in [6.45, 7) is 2.33. The van der Waals surface area contributed by atoms with Crippen molar-refractivity contribution in [3.05, 3.63) is 29.6 Å². The summed E-state index contributed by atoms with van der Waals surface area (Å²) in [5.41, 5.74) is 6.94. The van der Waals surface area contributed by atoms with E-state index in [-0.39, 0.29) is 11.9 Å². The van der Waals surface area contributed by atoms with Crippen LogP contribution in [-0.4, -0.2) is 13.6 Å². The molecule has 0 saturated carbocycles. The Labute approximate surface area is 95.3 Å². The minimum absolute atomic E-state index is 0.173. The van der Waals surface area contributed by atoms with Crippen LogP contribution in [0.25, 0.3) is 0 Å². The SMILES string of the molecule is C[C@@H](N)c1ccc(N(C)CCC#N)c(F)c1. The van der Waals surface area contributed by atoms with Crippen molar-refractivity contribution in [2.45, 2.75) is 19.4 Å². The van der Waals surface area contributed by atoms with E-state index >= 15 is 0 Å². The third-order valence-corrected chi connectivity index (χ3v) is 2.47. The van der Waals surface area contributed by atoms with Gasteiger partial charge in [-0.15, -0.1) is 0 Å². The molecule has 0 aliphatic rings. The number of rotatable bonds is 4. The Morgan fingerprint density at radius 1 is 1.56 bits per heavy atom. The van der Waals surface area contributed by atoms with Crippen molar-refractivity contribution in [2.24, 2.45) is 5.73 Å². The minimum atomic E-state index is -0.296. The van der Waals surface area contributed by atoms with Gasteiger partial charge >= 0.3 is 0 Å². The van der Waals surface area contributed by atoms with Crippen LogP contribution < -0.4 is 10.6 Å². The maximum Gasteiger partial charge on any atom is 0.146 e. The summed E-state index contributed by atoms with van der Waals surface area (Å²) in [5.74, 6) is -0.296. The number of nitrogens with zero attached hydrogens (tertiary/aromatic N) is 2. The van der Waals surface area contributed by atoms with Crippen LogP contribution in [0.15, 0.2) is 18.2 Å². The van der Waals surface area contributed by atoms with E-state index in [4.69, 9.17) is 11.0 Å². The minimum Gasteiger partial charge on any atom is -0.371 e. The van der Waals surface area contributed by atoms with Crippen LogP contribution in [0, 0.1) is 17.1 Å². The smallest absolute Gasteiger partial charge is 0.146 e. The highest BCUT2D eigenvalue weighted by Crippen LogP contribution is 2.21. The van der Waals surface area contributed by atoms with Gasteiger partial charge in [0.1, 0.15) is 5.82 Å². The molecule has 0 aliphatic carbocycles. The zero-order valence-corrected chi connectivity index (χ0v) is 9.57. The molecule has 0 radical (unpaired) electrons. The van der Waals surface area contributed by atoms with Gasteiger partial charge in [-0.25, -0.2) is 4.39 Å². The average Bonchev–Trinajstić information content (AvgIpc) is 2.25. The fourth-order valence-electron chi connectivity index (χ4n) is 1.45. The van der Waals surface area contributed by atoms with E-state index in [0.717, 1.165) is 5.56 Å². The van der Waals surface area contributed by atoms with Crippen molar-refractivity contribution in [3.63, 3.8) is 0 Å². The topological polar surface area (TPSA) is 53.0 Å². The number of anilines is 1. The summed E-state index contributed by atoms with van der Waals surface area (Å²) >= 11 is 0. The molecule has 0 amide bonds. The molecule has 0 unspecified atom stereocenters. The Morgan fingerprint density at radius 3 is 2.75 bits per heavy atom. The summed E-state index contributed by atoms with van der Waals surface area (Å²) in [5, 5.41) is 8.46. The van der Waals surface area contributed by atoms with Crippen LogP contribution >= 0.6 is 0 Å². The van der Waals surface area contributed by atoms with Gasteiger partial charge < -0.3 is 10.6 Å². The second kappa shape index (κ2) is 5.47. The lowest BCUT2D eigenvalue weighted by molar-refractivity contribution is 0.617. The Morgan fingerprint density at radius 2 is 2.25 bits per heavy atom. The van der Waals surface area contributed by atoms with E-state index in [2.05, 4.69) is 0 Å². The van der Waals surface area contributed by atoms with Gasteiger partial charge in [-0.1, -0.05) is 6.07 Å². The standard InChI is InChI=1S/C12H16FN3/c1-9(15)10-4-5-12(11(13)8-10)16(2)7-3-6-14/h4-5,8-9H,3,7,15H2,1-2H3/t9-/m1/s1. The molecular formula is C12H16FN3. The summed E-state index contributed by atoms with van der Waals surface area (Å²) in [7, 11) is 1.77. The van der Waals surface area contributed by atoms with Crippen molar-refractivity contribution < 1.29 is 4.39 Å². The van der Waals surface area contributed by atoms with Gasteiger partial charge in [-0.2, -0.15) is 5.26 Å². The lowest BCUT2D eigenvalue weighted by atomic mass is 10.1. The highest BCUT2D eigenvalue weighted by molar-refractivity contribution is 5.48. The Balaban J connectivity index is 2.86. The monoisotopic (exact) mass is 221 g/mol. The molecule has 0 aliphatic heterocycles. The van der Waals surface area contributed by atoms with Gasteiger partial charge in [0.25, 0.3) is 0 Å².